The molecule has 0 bridgehead atoms. The van der Waals surface area contributed by atoms with Crippen LogP contribution in [0.3, 0.4) is 0 Å². The number of aliphatic hydroxyl groups is 1. The van der Waals surface area contributed by atoms with Gasteiger partial charge >= 0.3 is 0 Å². The number of hydrogen-bond donors (Lipinski definition) is 3. The molecule has 1 saturated carbocycles. The monoisotopic (exact) mass is 253 g/mol. The highest BCUT2D eigenvalue weighted by Gasteiger charge is 2.22. The molecule has 0 aliphatic heterocycles. The lowest BCUT2D eigenvalue weighted by molar-refractivity contribution is -0.120. The molecule has 1 fully saturated rings. The number of carbonyl (C=O) groups is 1. The van der Waals surface area contributed by atoms with Crippen molar-refractivity contribution in [2.24, 2.45) is 0 Å². The number of aryl methyl sites for hydroxylation is 1. The van der Waals surface area contributed by atoms with Crippen molar-refractivity contribution < 1.29 is 9.90 Å². The molecule has 1 amide bonds. The number of aromatic nitrogens is 3. The molecule has 7 nitrogen and oxygen atoms in total. The molecule has 0 atom stereocenters. The second-order valence-electron chi connectivity index (χ2n) is 4.50. The zero-order chi connectivity index (χ0) is 12.8. The van der Waals surface area contributed by atoms with Crippen molar-refractivity contribution in [2.45, 2.75) is 38.4 Å². The summed E-state index contributed by atoms with van der Waals surface area (Å²) in [4.78, 5) is 11.4. The van der Waals surface area contributed by atoms with Crippen LogP contribution in [0.5, 0.6) is 0 Å². The van der Waals surface area contributed by atoms with E-state index in [0.29, 0.717) is 32.1 Å². The van der Waals surface area contributed by atoms with Crippen LogP contribution in [0.1, 0.15) is 25.0 Å². The van der Waals surface area contributed by atoms with E-state index in [9.17, 15) is 4.79 Å². The molecule has 100 valence electrons. The maximum Gasteiger partial charge on any atom is 0.234 e. The van der Waals surface area contributed by atoms with Crippen LogP contribution in [0.4, 0.5) is 0 Å². The van der Waals surface area contributed by atoms with Crippen LogP contribution >= 0.6 is 0 Å². The zero-order valence-corrected chi connectivity index (χ0v) is 10.3. The van der Waals surface area contributed by atoms with Crippen LogP contribution in [-0.4, -0.2) is 45.2 Å². The van der Waals surface area contributed by atoms with Crippen molar-refractivity contribution >= 4 is 5.91 Å². The molecule has 1 aliphatic carbocycles. The van der Waals surface area contributed by atoms with Gasteiger partial charge in [0.2, 0.25) is 5.91 Å². The van der Waals surface area contributed by atoms with Crippen LogP contribution in [0.15, 0.2) is 6.20 Å². The molecule has 18 heavy (non-hydrogen) atoms. The molecule has 0 unspecified atom stereocenters. The van der Waals surface area contributed by atoms with Gasteiger partial charge in [0.1, 0.15) is 0 Å². The van der Waals surface area contributed by atoms with Gasteiger partial charge in [-0.05, 0) is 19.3 Å². The molecule has 7 heteroatoms. The lowest BCUT2D eigenvalue weighted by atomic mass is 10.4. The van der Waals surface area contributed by atoms with E-state index in [1.807, 2.05) is 6.20 Å². The molecule has 0 saturated heterocycles. The SMILES string of the molecule is O=C(CNCc1cn(CCCO)nn1)NC1CC1. The van der Waals surface area contributed by atoms with Gasteiger partial charge in [-0.3, -0.25) is 9.48 Å². The van der Waals surface area contributed by atoms with Gasteiger partial charge in [-0.2, -0.15) is 0 Å². The first kappa shape index (κ1) is 13.0. The standard InChI is InChI=1S/C11H19N5O2/c17-5-1-4-16-8-10(14-15-16)6-12-7-11(18)13-9-2-3-9/h8-9,12,17H,1-7H2,(H,13,18). The van der Waals surface area contributed by atoms with Gasteiger partial charge < -0.3 is 15.7 Å². The summed E-state index contributed by atoms with van der Waals surface area (Å²) in [7, 11) is 0. The van der Waals surface area contributed by atoms with E-state index in [1.54, 1.807) is 4.68 Å². The van der Waals surface area contributed by atoms with Crippen LogP contribution in [0.2, 0.25) is 0 Å². The van der Waals surface area contributed by atoms with Crippen LogP contribution in [0, 0.1) is 0 Å². The summed E-state index contributed by atoms with van der Waals surface area (Å²) >= 11 is 0. The summed E-state index contributed by atoms with van der Waals surface area (Å²) in [5.41, 5.74) is 0.798. The minimum atomic E-state index is 0.0326. The van der Waals surface area contributed by atoms with E-state index in [-0.39, 0.29) is 12.5 Å². The first-order valence-corrected chi connectivity index (χ1v) is 6.28. The molecular weight excluding hydrogens is 234 g/mol. The van der Waals surface area contributed by atoms with E-state index in [2.05, 4.69) is 20.9 Å². The second kappa shape index (κ2) is 6.46. The molecule has 0 aromatic carbocycles. The topological polar surface area (TPSA) is 92.1 Å². The number of rotatable bonds is 8. The summed E-state index contributed by atoms with van der Waals surface area (Å²) in [5.74, 6) is 0.0326. The Morgan fingerprint density at radius 3 is 3.11 bits per heavy atom. The minimum absolute atomic E-state index is 0.0326. The first-order valence-electron chi connectivity index (χ1n) is 6.28. The minimum Gasteiger partial charge on any atom is -0.396 e. The molecule has 0 radical (unpaired) electrons. The average Bonchev–Trinajstić information content (AvgIpc) is 3.04. The smallest absolute Gasteiger partial charge is 0.234 e. The number of aliphatic hydroxyl groups excluding tert-OH is 1. The summed E-state index contributed by atoms with van der Waals surface area (Å²) in [6, 6.07) is 0.402. The molecule has 3 N–H and O–H groups in total. The maximum atomic E-state index is 11.4. The van der Waals surface area contributed by atoms with E-state index in [0.717, 1.165) is 18.5 Å². The van der Waals surface area contributed by atoms with Gasteiger partial charge in [0.25, 0.3) is 0 Å². The highest BCUT2D eigenvalue weighted by atomic mass is 16.3. The molecule has 0 spiro atoms. The third kappa shape index (κ3) is 4.42. The fourth-order valence-electron chi connectivity index (χ4n) is 1.57. The third-order valence-corrected chi connectivity index (χ3v) is 2.67. The largest absolute Gasteiger partial charge is 0.396 e. The Bertz CT molecular complexity index is 389. The van der Waals surface area contributed by atoms with E-state index < -0.39 is 0 Å². The van der Waals surface area contributed by atoms with E-state index in [4.69, 9.17) is 5.11 Å². The van der Waals surface area contributed by atoms with E-state index >= 15 is 0 Å². The van der Waals surface area contributed by atoms with Gasteiger partial charge in [0.15, 0.2) is 0 Å². The highest BCUT2D eigenvalue weighted by Crippen LogP contribution is 2.18. The van der Waals surface area contributed by atoms with Gasteiger partial charge in [-0.25, -0.2) is 0 Å². The average molecular weight is 253 g/mol. The van der Waals surface area contributed by atoms with Crippen molar-refractivity contribution in [3.05, 3.63) is 11.9 Å². The number of nitrogens with one attached hydrogen (secondary N) is 2. The number of nitrogens with zero attached hydrogens (tertiary/aromatic N) is 3. The van der Waals surface area contributed by atoms with Crippen molar-refractivity contribution in [2.75, 3.05) is 13.2 Å². The molecular formula is C11H19N5O2. The Morgan fingerprint density at radius 1 is 1.56 bits per heavy atom. The quantitative estimate of drug-likeness (QED) is 0.554. The Morgan fingerprint density at radius 2 is 2.39 bits per heavy atom. The Balaban J connectivity index is 1.62. The predicted molar refractivity (Wildman–Crippen MR) is 64.6 cm³/mol. The maximum absolute atomic E-state index is 11.4. The Labute approximate surface area is 106 Å². The second-order valence-corrected chi connectivity index (χ2v) is 4.50. The molecule has 1 aromatic rings. The van der Waals surface area contributed by atoms with Crippen molar-refractivity contribution in [3.63, 3.8) is 0 Å². The fourth-order valence-corrected chi connectivity index (χ4v) is 1.57. The van der Waals surface area contributed by atoms with Crippen molar-refractivity contribution in [3.8, 4) is 0 Å². The first-order chi connectivity index (χ1) is 8.78. The molecule has 2 rings (SSSR count). The molecule has 1 aliphatic rings. The van der Waals surface area contributed by atoms with Crippen LogP contribution < -0.4 is 10.6 Å². The summed E-state index contributed by atoms with van der Waals surface area (Å²) in [6.45, 7) is 1.64. The predicted octanol–water partition coefficient (Wildman–Crippen LogP) is -0.971. The lowest BCUT2D eigenvalue weighted by Gasteiger charge is -2.03. The van der Waals surface area contributed by atoms with Gasteiger partial charge in [-0.15, -0.1) is 5.10 Å². The van der Waals surface area contributed by atoms with Crippen LogP contribution in [0.25, 0.3) is 0 Å². The van der Waals surface area contributed by atoms with Crippen molar-refractivity contribution in [1.29, 1.82) is 0 Å². The van der Waals surface area contributed by atoms with E-state index in [1.165, 1.54) is 0 Å². The zero-order valence-electron chi connectivity index (χ0n) is 10.3. The number of carbonyl (C=O) groups excluding carboxylic acids is 1. The van der Waals surface area contributed by atoms with Gasteiger partial charge in [0, 0.05) is 31.9 Å². The Kier molecular flexibility index (Phi) is 4.66. The lowest BCUT2D eigenvalue weighted by Crippen LogP contribution is -2.34. The normalized spacial score (nSPS) is 14.7. The summed E-state index contributed by atoms with van der Waals surface area (Å²) in [5, 5.41) is 22.5. The highest BCUT2D eigenvalue weighted by molar-refractivity contribution is 5.78. The van der Waals surface area contributed by atoms with Crippen molar-refractivity contribution in [1.82, 2.24) is 25.6 Å². The van der Waals surface area contributed by atoms with Gasteiger partial charge in [-0.1, -0.05) is 5.21 Å². The summed E-state index contributed by atoms with van der Waals surface area (Å²) < 4.78 is 1.69. The number of hydrogen-bond acceptors (Lipinski definition) is 5. The Hall–Kier alpha value is -1.47. The summed E-state index contributed by atoms with van der Waals surface area (Å²) in [6.07, 6.45) is 4.69. The number of amides is 1. The fraction of sp³-hybridized carbons (Fsp3) is 0.727. The van der Waals surface area contributed by atoms with Gasteiger partial charge in [0.05, 0.1) is 12.2 Å². The third-order valence-electron chi connectivity index (χ3n) is 2.67. The van der Waals surface area contributed by atoms with Crippen LogP contribution in [-0.2, 0) is 17.9 Å². The molecule has 1 aromatic heterocycles. The molecule has 1 heterocycles.